The first-order valence-electron chi connectivity index (χ1n) is 6.40. The summed E-state index contributed by atoms with van der Waals surface area (Å²) in [7, 11) is 0. The highest BCUT2D eigenvalue weighted by Crippen LogP contribution is 2.48. The van der Waals surface area contributed by atoms with E-state index >= 15 is 0 Å². The molecule has 0 bridgehead atoms. The van der Waals surface area contributed by atoms with E-state index in [0.29, 0.717) is 29.5 Å². The SMILES string of the molecule is CCC(=O)C1(Nc2sc3c(c2C(=O)O)CCO3)CC1. The Labute approximate surface area is 114 Å². The van der Waals surface area contributed by atoms with E-state index in [1.807, 2.05) is 6.92 Å². The number of ketones is 1. The molecule has 2 aliphatic rings. The Hall–Kier alpha value is -1.56. The molecule has 0 atom stereocenters. The number of Topliss-reactive ketones (excluding diaryl/α,β-unsaturated/α-hetero) is 1. The average Bonchev–Trinajstić information content (AvgIpc) is 2.86. The van der Waals surface area contributed by atoms with Crippen molar-refractivity contribution < 1.29 is 19.4 Å². The van der Waals surface area contributed by atoms with Crippen molar-refractivity contribution in [1.29, 1.82) is 0 Å². The monoisotopic (exact) mass is 281 g/mol. The van der Waals surface area contributed by atoms with E-state index in [9.17, 15) is 14.7 Å². The van der Waals surface area contributed by atoms with Gasteiger partial charge >= 0.3 is 5.97 Å². The number of rotatable bonds is 5. The first-order valence-corrected chi connectivity index (χ1v) is 7.22. The number of anilines is 1. The van der Waals surface area contributed by atoms with E-state index in [1.165, 1.54) is 11.3 Å². The minimum Gasteiger partial charge on any atom is -0.483 e. The Morgan fingerprint density at radius 1 is 1.47 bits per heavy atom. The van der Waals surface area contributed by atoms with Crippen LogP contribution >= 0.6 is 11.3 Å². The molecule has 1 aliphatic heterocycles. The number of hydrogen-bond donors (Lipinski definition) is 2. The minimum absolute atomic E-state index is 0.151. The Kier molecular flexibility index (Phi) is 2.78. The second-order valence-corrected chi connectivity index (χ2v) is 5.94. The topological polar surface area (TPSA) is 75.6 Å². The van der Waals surface area contributed by atoms with Crippen LogP contribution in [0.5, 0.6) is 5.06 Å². The van der Waals surface area contributed by atoms with Gasteiger partial charge in [0.25, 0.3) is 0 Å². The zero-order valence-corrected chi connectivity index (χ0v) is 11.4. The normalized spacial score (nSPS) is 18.6. The summed E-state index contributed by atoms with van der Waals surface area (Å²) in [6.07, 6.45) is 2.66. The molecule has 0 aromatic carbocycles. The Bertz CT molecular complexity index is 559. The fourth-order valence-electron chi connectivity index (χ4n) is 2.50. The first kappa shape index (κ1) is 12.5. The van der Waals surface area contributed by atoms with Crippen LogP contribution in [0.3, 0.4) is 0 Å². The predicted octanol–water partition coefficient (Wildman–Crippen LogP) is 2.30. The molecular weight excluding hydrogens is 266 g/mol. The van der Waals surface area contributed by atoms with Crippen LogP contribution in [0.1, 0.15) is 42.1 Å². The number of hydrogen-bond acceptors (Lipinski definition) is 5. The summed E-state index contributed by atoms with van der Waals surface area (Å²) in [5.74, 6) is -0.802. The molecule has 5 nitrogen and oxygen atoms in total. The van der Waals surface area contributed by atoms with E-state index in [-0.39, 0.29) is 11.3 Å². The van der Waals surface area contributed by atoms with Gasteiger partial charge in [-0.25, -0.2) is 4.79 Å². The van der Waals surface area contributed by atoms with Crippen molar-refractivity contribution >= 4 is 28.1 Å². The summed E-state index contributed by atoms with van der Waals surface area (Å²) in [6, 6.07) is 0. The van der Waals surface area contributed by atoms with Gasteiger partial charge in [-0.15, -0.1) is 0 Å². The molecule has 1 aliphatic carbocycles. The summed E-state index contributed by atoms with van der Waals surface area (Å²) in [4.78, 5) is 23.3. The van der Waals surface area contributed by atoms with Crippen molar-refractivity contribution in [2.24, 2.45) is 0 Å². The lowest BCUT2D eigenvalue weighted by molar-refractivity contribution is -0.120. The second kappa shape index (κ2) is 4.23. The molecule has 19 heavy (non-hydrogen) atoms. The third-order valence-corrected chi connectivity index (χ3v) is 4.79. The van der Waals surface area contributed by atoms with Crippen LogP contribution in [0.4, 0.5) is 5.00 Å². The maximum atomic E-state index is 11.9. The van der Waals surface area contributed by atoms with E-state index in [1.54, 1.807) is 0 Å². The van der Waals surface area contributed by atoms with Gasteiger partial charge in [0, 0.05) is 18.4 Å². The maximum Gasteiger partial charge on any atom is 0.339 e. The lowest BCUT2D eigenvalue weighted by atomic mass is 10.1. The molecular formula is C13H15NO4S. The molecule has 2 N–H and O–H groups in total. The molecule has 2 heterocycles. The van der Waals surface area contributed by atoms with Crippen LogP contribution in [0.2, 0.25) is 0 Å². The number of ether oxygens (including phenoxy) is 1. The number of carbonyl (C=O) groups excluding carboxylic acids is 1. The van der Waals surface area contributed by atoms with E-state index in [0.717, 1.165) is 18.4 Å². The van der Waals surface area contributed by atoms with Crippen LogP contribution in [-0.2, 0) is 11.2 Å². The summed E-state index contributed by atoms with van der Waals surface area (Å²) in [5.41, 5.74) is 0.518. The lowest BCUT2D eigenvalue weighted by Crippen LogP contribution is -2.31. The molecule has 0 amide bonds. The highest BCUT2D eigenvalue weighted by molar-refractivity contribution is 7.18. The third-order valence-electron chi connectivity index (χ3n) is 3.73. The van der Waals surface area contributed by atoms with Gasteiger partial charge in [0.05, 0.1) is 12.1 Å². The molecule has 0 spiro atoms. The van der Waals surface area contributed by atoms with E-state index < -0.39 is 11.5 Å². The highest BCUT2D eigenvalue weighted by atomic mass is 32.1. The maximum absolute atomic E-state index is 11.9. The molecule has 1 aromatic rings. The van der Waals surface area contributed by atoms with Crippen LogP contribution in [0, 0.1) is 0 Å². The van der Waals surface area contributed by atoms with Crippen molar-refractivity contribution in [3.8, 4) is 5.06 Å². The number of fused-ring (bicyclic) bond motifs is 1. The number of carboxylic acid groups (broad SMARTS) is 1. The van der Waals surface area contributed by atoms with Gasteiger partial charge in [-0.3, -0.25) is 4.79 Å². The number of nitrogens with one attached hydrogen (secondary N) is 1. The van der Waals surface area contributed by atoms with Crippen molar-refractivity contribution in [2.75, 3.05) is 11.9 Å². The van der Waals surface area contributed by atoms with Gasteiger partial charge < -0.3 is 15.2 Å². The fraction of sp³-hybridized carbons (Fsp3) is 0.538. The largest absolute Gasteiger partial charge is 0.483 e. The van der Waals surface area contributed by atoms with Crippen LogP contribution in [0.25, 0.3) is 0 Å². The number of carbonyl (C=O) groups is 2. The summed E-state index contributed by atoms with van der Waals surface area (Å²) in [6.45, 7) is 2.38. The fourth-order valence-corrected chi connectivity index (χ4v) is 3.72. The Morgan fingerprint density at radius 2 is 2.21 bits per heavy atom. The van der Waals surface area contributed by atoms with Crippen molar-refractivity contribution in [1.82, 2.24) is 0 Å². The van der Waals surface area contributed by atoms with Gasteiger partial charge in [0.15, 0.2) is 10.8 Å². The Balaban J connectivity index is 1.94. The molecule has 1 aromatic heterocycles. The first-order chi connectivity index (χ1) is 9.07. The number of carboxylic acids is 1. The van der Waals surface area contributed by atoms with Gasteiger partial charge in [-0.2, -0.15) is 0 Å². The highest BCUT2D eigenvalue weighted by Gasteiger charge is 2.49. The lowest BCUT2D eigenvalue weighted by Gasteiger charge is -2.16. The van der Waals surface area contributed by atoms with Gasteiger partial charge in [-0.1, -0.05) is 18.3 Å². The van der Waals surface area contributed by atoms with Gasteiger partial charge in [0.2, 0.25) is 0 Å². The van der Waals surface area contributed by atoms with Crippen molar-refractivity contribution in [2.45, 2.75) is 38.1 Å². The predicted molar refractivity (Wildman–Crippen MR) is 71.4 cm³/mol. The molecule has 6 heteroatoms. The van der Waals surface area contributed by atoms with Crippen molar-refractivity contribution in [3.63, 3.8) is 0 Å². The third kappa shape index (κ3) is 1.90. The second-order valence-electron chi connectivity index (χ2n) is 4.96. The summed E-state index contributed by atoms with van der Waals surface area (Å²) in [5, 5.41) is 13.8. The quantitative estimate of drug-likeness (QED) is 0.866. The standard InChI is InChI=1S/C13H15NO4S/c1-2-8(15)13(4-5-13)14-10-9(11(16)17)7-3-6-18-12(7)19-10/h14H,2-6H2,1H3,(H,16,17). The van der Waals surface area contributed by atoms with E-state index in [2.05, 4.69) is 5.32 Å². The zero-order valence-electron chi connectivity index (χ0n) is 10.6. The van der Waals surface area contributed by atoms with Crippen LogP contribution < -0.4 is 10.1 Å². The Morgan fingerprint density at radius 3 is 2.79 bits per heavy atom. The zero-order chi connectivity index (χ0) is 13.6. The van der Waals surface area contributed by atoms with Crippen LogP contribution in [0.15, 0.2) is 0 Å². The molecule has 1 saturated carbocycles. The van der Waals surface area contributed by atoms with Crippen molar-refractivity contribution in [3.05, 3.63) is 11.1 Å². The molecule has 0 unspecified atom stereocenters. The molecule has 102 valence electrons. The number of thiophene rings is 1. The molecule has 0 saturated heterocycles. The molecule has 1 fully saturated rings. The van der Waals surface area contributed by atoms with Gasteiger partial charge in [-0.05, 0) is 12.8 Å². The molecule has 0 radical (unpaired) electrons. The van der Waals surface area contributed by atoms with E-state index in [4.69, 9.17) is 4.74 Å². The average molecular weight is 281 g/mol. The van der Waals surface area contributed by atoms with Crippen LogP contribution in [-0.4, -0.2) is 29.0 Å². The summed E-state index contributed by atoms with van der Waals surface area (Å²) < 4.78 is 5.42. The molecule has 3 rings (SSSR count). The number of aromatic carboxylic acids is 1. The van der Waals surface area contributed by atoms with Gasteiger partial charge in [0.1, 0.15) is 10.6 Å². The minimum atomic E-state index is -0.953. The smallest absolute Gasteiger partial charge is 0.339 e. The summed E-state index contributed by atoms with van der Waals surface area (Å²) >= 11 is 1.31.